The molecule has 1 aliphatic heterocycles. The molecule has 2 N–H and O–H groups in total. The Morgan fingerprint density at radius 3 is 2.71 bits per heavy atom. The highest BCUT2D eigenvalue weighted by molar-refractivity contribution is 4.92. The van der Waals surface area contributed by atoms with Gasteiger partial charge in [-0.3, -0.25) is 0 Å². The number of likely N-dealkylation sites (tertiary alicyclic amines) is 1. The molecule has 17 heavy (non-hydrogen) atoms. The lowest BCUT2D eigenvalue weighted by molar-refractivity contribution is 0.165. The minimum atomic E-state index is -0.0794. The molecule has 0 amide bonds. The number of aliphatic hydroxyl groups excluding tert-OH is 1. The number of likely N-dealkylation sites (N-methyl/N-ethyl adjacent to an activating group) is 1. The Morgan fingerprint density at radius 2 is 2.18 bits per heavy atom. The Bertz CT molecular complexity index is 240. The first kappa shape index (κ1) is 13.3. The van der Waals surface area contributed by atoms with Crippen LogP contribution in [0.4, 0.5) is 0 Å². The van der Waals surface area contributed by atoms with Gasteiger partial charge in [-0.15, -0.1) is 0 Å². The van der Waals surface area contributed by atoms with E-state index in [0.717, 1.165) is 18.4 Å². The van der Waals surface area contributed by atoms with Gasteiger partial charge in [0.05, 0.1) is 6.61 Å². The number of piperidine rings is 1. The van der Waals surface area contributed by atoms with Crippen molar-refractivity contribution in [2.75, 3.05) is 26.7 Å². The molecule has 0 aromatic rings. The van der Waals surface area contributed by atoms with Crippen LogP contribution in [0.3, 0.4) is 0 Å². The monoisotopic (exact) mass is 240 g/mol. The molecule has 0 spiro atoms. The first-order valence-corrected chi connectivity index (χ1v) is 7.21. The van der Waals surface area contributed by atoms with E-state index in [1.54, 1.807) is 0 Å². The molecular weight excluding hydrogens is 212 g/mol. The number of rotatable bonds is 7. The summed E-state index contributed by atoms with van der Waals surface area (Å²) >= 11 is 0. The Hall–Kier alpha value is -0.120. The van der Waals surface area contributed by atoms with Gasteiger partial charge in [-0.1, -0.05) is 6.42 Å². The van der Waals surface area contributed by atoms with Crippen LogP contribution < -0.4 is 5.32 Å². The third kappa shape index (κ3) is 3.21. The maximum atomic E-state index is 9.31. The summed E-state index contributed by atoms with van der Waals surface area (Å²) < 4.78 is 0. The molecule has 0 aromatic heterocycles. The standard InChI is InChI=1S/C14H28N2O/c1-14(11-17,15-2)7-3-4-8-16-10-12-5-6-13(16)9-12/h12-13,15,17H,3-11H2,1-2H3. The van der Waals surface area contributed by atoms with Crippen molar-refractivity contribution in [3.63, 3.8) is 0 Å². The number of nitrogens with one attached hydrogen (secondary N) is 1. The summed E-state index contributed by atoms with van der Waals surface area (Å²) in [5.74, 6) is 1.01. The number of aliphatic hydroxyl groups is 1. The molecule has 3 unspecified atom stereocenters. The number of hydrogen-bond donors (Lipinski definition) is 2. The molecule has 0 aromatic carbocycles. The molecule has 1 heterocycles. The molecule has 3 atom stereocenters. The van der Waals surface area contributed by atoms with Gasteiger partial charge in [0, 0.05) is 18.1 Å². The molecule has 0 radical (unpaired) electrons. The highest BCUT2D eigenvalue weighted by Gasteiger charge is 2.37. The van der Waals surface area contributed by atoms with E-state index in [2.05, 4.69) is 17.1 Å². The summed E-state index contributed by atoms with van der Waals surface area (Å²) in [6.07, 6.45) is 7.94. The number of hydrogen-bond acceptors (Lipinski definition) is 3. The lowest BCUT2D eigenvalue weighted by Gasteiger charge is -2.29. The van der Waals surface area contributed by atoms with Crippen molar-refractivity contribution in [2.24, 2.45) is 5.92 Å². The minimum Gasteiger partial charge on any atom is -0.394 e. The minimum absolute atomic E-state index is 0.0794. The van der Waals surface area contributed by atoms with Crippen LogP contribution in [0, 0.1) is 5.92 Å². The van der Waals surface area contributed by atoms with E-state index in [-0.39, 0.29) is 12.1 Å². The van der Waals surface area contributed by atoms with Gasteiger partial charge >= 0.3 is 0 Å². The fourth-order valence-corrected chi connectivity index (χ4v) is 3.41. The number of unbranched alkanes of at least 4 members (excludes halogenated alkanes) is 1. The average molecular weight is 240 g/mol. The van der Waals surface area contributed by atoms with Crippen molar-refractivity contribution in [2.45, 2.75) is 57.0 Å². The Morgan fingerprint density at radius 1 is 1.35 bits per heavy atom. The van der Waals surface area contributed by atoms with E-state index < -0.39 is 0 Å². The summed E-state index contributed by atoms with van der Waals surface area (Å²) in [5.41, 5.74) is -0.0794. The van der Waals surface area contributed by atoms with Crippen LogP contribution in [0.5, 0.6) is 0 Å². The second kappa shape index (κ2) is 5.68. The second-order valence-electron chi connectivity index (χ2n) is 6.25. The third-order valence-electron chi connectivity index (χ3n) is 4.90. The molecule has 1 aliphatic carbocycles. The van der Waals surface area contributed by atoms with Crippen LogP contribution in [0.15, 0.2) is 0 Å². The van der Waals surface area contributed by atoms with Crippen LogP contribution in [0.2, 0.25) is 0 Å². The Kier molecular flexibility index (Phi) is 4.45. The van der Waals surface area contributed by atoms with Gasteiger partial charge in [0.1, 0.15) is 0 Å². The van der Waals surface area contributed by atoms with Crippen molar-refractivity contribution in [3.05, 3.63) is 0 Å². The summed E-state index contributed by atoms with van der Waals surface area (Å²) in [5, 5.41) is 12.5. The van der Waals surface area contributed by atoms with E-state index in [1.807, 2.05) is 7.05 Å². The molecule has 100 valence electrons. The number of nitrogens with zero attached hydrogens (tertiary/aromatic N) is 1. The van der Waals surface area contributed by atoms with Gasteiger partial charge in [0.25, 0.3) is 0 Å². The number of fused-ring (bicyclic) bond motifs is 2. The zero-order valence-corrected chi connectivity index (χ0v) is 11.4. The van der Waals surface area contributed by atoms with Crippen LogP contribution in [-0.2, 0) is 0 Å². The van der Waals surface area contributed by atoms with Gasteiger partial charge in [-0.2, -0.15) is 0 Å². The summed E-state index contributed by atoms with van der Waals surface area (Å²) in [4.78, 5) is 2.70. The maximum absolute atomic E-state index is 9.31. The fraction of sp³-hybridized carbons (Fsp3) is 1.00. The van der Waals surface area contributed by atoms with Gasteiger partial charge in [0.15, 0.2) is 0 Å². The largest absolute Gasteiger partial charge is 0.394 e. The van der Waals surface area contributed by atoms with Gasteiger partial charge < -0.3 is 15.3 Å². The average Bonchev–Trinajstić information content (AvgIpc) is 2.96. The quantitative estimate of drug-likeness (QED) is 0.664. The summed E-state index contributed by atoms with van der Waals surface area (Å²) in [7, 11) is 1.94. The lowest BCUT2D eigenvalue weighted by Crippen LogP contribution is -2.43. The maximum Gasteiger partial charge on any atom is 0.0610 e. The predicted molar refractivity (Wildman–Crippen MR) is 71.1 cm³/mol. The highest BCUT2D eigenvalue weighted by Crippen LogP contribution is 2.37. The molecule has 3 heteroatoms. The van der Waals surface area contributed by atoms with E-state index in [1.165, 1.54) is 45.2 Å². The van der Waals surface area contributed by atoms with Crippen molar-refractivity contribution in [3.8, 4) is 0 Å². The van der Waals surface area contributed by atoms with E-state index in [4.69, 9.17) is 0 Å². The molecular formula is C14H28N2O. The van der Waals surface area contributed by atoms with Crippen LogP contribution >= 0.6 is 0 Å². The zero-order chi connectivity index (χ0) is 12.3. The van der Waals surface area contributed by atoms with Crippen LogP contribution in [-0.4, -0.2) is 48.3 Å². The van der Waals surface area contributed by atoms with Crippen LogP contribution in [0.25, 0.3) is 0 Å². The predicted octanol–water partition coefficient (Wildman–Crippen LogP) is 1.61. The molecule has 3 nitrogen and oxygen atoms in total. The Balaban J connectivity index is 1.60. The molecule has 2 fully saturated rings. The molecule has 2 rings (SSSR count). The van der Waals surface area contributed by atoms with Crippen molar-refractivity contribution < 1.29 is 5.11 Å². The van der Waals surface area contributed by atoms with Crippen LogP contribution in [0.1, 0.15) is 45.4 Å². The van der Waals surface area contributed by atoms with Gasteiger partial charge in [-0.05, 0) is 58.5 Å². The SMILES string of the molecule is CNC(C)(CO)CCCCN1CC2CCC1C2. The molecule has 1 saturated carbocycles. The normalized spacial score (nSPS) is 31.9. The van der Waals surface area contributed by atoms with Gasteiger partial charge in [-0.25, -0.2) is 0 Å². The van der Waals surface area contributed by atoms with E-state index in [0.29, 0.717) is 0 Å². The Labute approximate surface area is 106 Å². The van der Waals surface area contributed by atoms with Crippen molar-refractivity contribution >= 4 is 0 Å². The van der Waals surface area contributed by atoms with E-state index >= 15 is 0 Å². The molecule has 2 bridgehead atoms. The first-order chi connectivity index (χ1) is 8.17. The summed E-state index contributed by atoms with van der Waals surface area (Å²) in [6, 6.07) is 0.911. The fourth-order valence-electron chi connectivity index (χ4n) is 3.41. The summed E-state index contributed by atoms with van der Waals surface area (Å²) in [6.45, 7) is 4.96. The molecule has 1 saturated heterocycles. The smallest absolute Gasteiger partial charge is 0.0610 e. The molecule has 2 aliphatic rings. The van der Waals surface area contributed by atoms with E-state index in [9.17, 15) is 5.11 Å². The highest BCUT2D eigenvalue weighted by atomic mass is 16.3. The van der Waals surface area contributed by atoms with Crippen molar-refractivity contribution in [1.29, 1.82) is 0 Å². The topological polar surface area (TPSA) is 35.5 Å². The third-order valence-corrected chi connectivity index (χ3v) is 4.90. The van der Waals surface area contributed by atoms with Crippen molar-refractivity contribution in [1.82, 2.24) is 10.2 Å². The zero-order valence-electron chi connectivity index (χ0n) is 11.4. The van der Waals surface area contributed by atoms with Gasteiger partial charge in [0.2, 0.25) is 0 Å². The first-order valence-electron chi connectivity index (χ1n) is 7.21. The lowest BCUT2D eigenvalue weighted by atomic mass is 9.96. The second-order valence-corrected chi connectivity index (χ2v) is 6.25.